The quantitative estimate of drug-likeness (QED) is 0.174. The van der Waals surface area contributed by atoms with E-state index in [4.69, 9.17) is 128 Å². The van der Waals surface area contributed by atoms with E-state index in [1.807, 2.05) is 68.4 Å². The highest BCUT2D eigenvalue weighted by molar-refractivity contribution is 7.04. The molecule has 0 unspecified atom stereocenters. The first-order chi connectivity index (χ1) is 42.2. The summed E-state index contributed by atoms with van der Waals surface area (Å²) in [5.74, 6) is 0. The van der Waals surface area contributed by atoms with Crippen molar-refractivity contribution in [2.24, 2.45) is 0 Å². The van der Waals surface area contributed by atoms with Crippen LogP contribution in [0.3, 0.4) is 0 Å². The SMILES string of the molecule is C=C[Si]1(C(C)(C)C)O[Si](C=C)(C(C)(C)C)O[Si](C=C)(C(C)(C)C)O[Si](C=C)(C(C)(C)C)O[Si](C=C)(C(C)(C)C)O[Si](C=C)(C(C)(C)C)O[Si](C=C)(C(C)(C)C)O[Si](C=C)(C(C)(C)C)O[Si](C=C)(C(C)(C)C)O[Si](C=C)(C(C)(C)C)O[Si](C=C)(C(C)(C)C)O[Si](C=C)(C(C)(C)C)O1. The molecule has 1 saturated heterocycles. The number of hydrogen-bond acceptors (Lipinski definition) is 12. The maximum absolute atomic E-state index is 8.36. The standard InChI is InChI=1S/C72H144O12Si12/c1-49-85(61(13,14)15)73-86(50-2,62(16,17)18)75-88(52-4,64(22,23)24)77-90(54-6,66(28,29)30)79-92(56-8,68(34,35)36)81-94(58-10,70(40,41)42)83-96(60-12,72(46,47)48)84-95(59-11,71(43,44)45)82-93(57-9,69(37,38)39)80-91(55-7,67(31,32)33)78-89(53-5,65(25,26)27)76-87(51-3,74-85)63(19,20)21/h49-60H,1-12H2,13-48H3. The lowest BCUT2D eigenvalue weighted by Crippen LogP contribution is -2.75. The van der Waals surface area contributed by atoms with E-state index in [1.165, 1.54) is 0 Å². The molecule has 0 atom stereocenters. The van der Waals surface area contributed by atoms with Crippen molar-refractivity contribution in [2.45, 2.75) is 310 Å². The van der Waals surface area contributed by atoms with Crippen molar-refractivity contribution in [3.05, 3.63) is 147 Å². The van der Waals surface area contributed by atoms with Gasteiger partial charge in [-0.05, 0) is 0 Å². The summed E-state index contributed by atoms with van der Waals surface area (Å²) in [6.07, 6.45) is 0. The Bertz CT molecular complexity index is 2140. The molecule has 96 heavy (non-hydrogen) atoms. The molecule has 24 heteroatoms. The molecule has 552 valence electrons. The van der Waals surface area contributed by atoms with E-state index in [0.717, 1.165) is 0 Å². The van der Waals surface area contributed by atoms with E-state index in [2.05, 4.69) is 249 Å². The zero-order valence-electron chi connectivity index (χ0n) is 68.3. The van der Waals surface area contributed by atoms with Gasteiger partial charge in [-0.1, -0.05) is 318 Å². The van der Waals surface area contributed by atoms with Gasteiger partial charge in [-0.3, -0.25) is 0 Å². The van der Waals surface area contributed by atoms with Crippen molar-refractivity contribution < 1.29 is 49.4 Å². The molecule has 0 aromatic heterocycles. The molecule has 1 aliphatic rings. The van der Waals surface area contributed by atoms with E-state index in [1.54, 1.807) is 0 Å². The van der Waals surface area contributed by atoms with Crippen molar-refractivity contribution in [1.82, 2.24) is 0 Å². The van der Waals surface area contributed by atoms with Crippen molar-refractivity contribution >= 4 is 103 Å². The van der Waals surface area contributed by atoms with E-state index in [0.29, 0.717) is 0 Å². The molecule has 0 aliphatic carbocycles. The third-order valence-corrected chi connectivity index (χ3v) is 80.1. The average molecular weight is 1540 g/mol. The fraction of sp³-hybridized carbons (Fsp3) is 0.667. The molecule has 1 aliphatic heterocycles. The molecule has 0 saturated carbocycles. The van der Waals surface area contributed by atoms with Gasteiger partial charge in [-0.15, -0.1) is 78.9 Å². The fourth-order valence-corrected chi connectivity index (χ4v) is 84.2. The minimum absolute atomic E-state index is 0.791. The molecular weight excluding hydrogens is 1390 g/mol. The molecule has 1 heterocycles. The molecular formula is C72H144O12Si12. The van der Waals surface area contributed by atoms with Gasteiger partial charge in [0.15, 0.2) is 0 Å². The topological polar surface area (TPSA) is 111 Å². The smallest absolute Gasteiger partial charge is 0.352 e. The van der Waals surface area contributed by atoms with Gasteiger partial charge in [-0.2, -0.15) is 0 Å². The molecule has 1 rings (SSSR count). The van der Waals surface area contributed by atoms with Gasteiger partial charge in [0.05, 0.1) is 0 Å². The molecule has 0 aromatic carbocycles. The van der Waals surface area contributed by atoms with Crippen LogP contribution in [-0.2, 0) is 49.4 Å². The Morgan fingerprint density at radius 1 is 0.125 bits per heavy atom. The predicted octanol–water partition coefficient (Wildman–Crippen LogP) is 23.8. The van der Waals surface area contributed by atoms with Crippen LogP contribution >= 0.6 is 0 Å². The highest BCUT2D eigenvalue weighted by Gasteiger charge is 2.74. The highest BCUT2D eigenvalue weighted by Crippen LogP contribution is 2.61. The second-order valence-corrected chi connectivity index (χ2v) is 87.4. The van der Waals surface area contributed by atoms with Crippen LogP contribution < -0.4 is 0 Å². The van der Waals surface area contributed by atoms with Crippen molar-refractivity contribution in [2.75, 3.05) is 0 Å². The number of rotatable bonds is 12. The van der Waals surface area contributed by atoms with Gasteiger partial charge in [0.25, 0.3) is 0 Å². The minimum Gasteiger partial charge on any atom is -0.409 e. The lowest BCUT2D eigenvalue weighted by atomic mass is 10.2. The van der Waals surface area contributed by atoms with Crippen LogP contribution in [0.4, 0.5) is 0 Å². The van der Waals surface area contributed by atoms with Gasteiger partial charge >= 0.3 is 103 Å². The van der Waals surface area contributed by atoms with Gasteiger partial charge in [-0.25, -0.2) is 0 Å². The van der Waals surface area contributed by atoms with Crippen LogP contribution in [0.1, 0.15) is 249 Å². The third-order valence-electron chi connectivity index (χ3n) is 19.4. The first-order valence-corrected chi connectivity index (χ1v) is 57.0. The summed E-state index contributed by atoms with van der Waals surface area (Å²) in [7, 11) is -49.6. The summed E-state index contributed by atoms with van der Waals surface area (Å²) in [4.78, 5) is 0. The largest absolute Gasteiger partial charge is 0.409 e. The zero-order valence-corrected chi connectivity index (χ0v) is 80.3. The summed E-state index contributed by atoms with van der Waals surface area (Å²) < 4.78 is 100. The lowest BCUT2D eigenvalue weighted by Gasteiger charge is -2.60. The molecule has 0 radical (unpaired) electrons. The lowest BCUT2D eigenvalue weighted by molar-refractivity contribution is 0.186. The molecule has 0 bridgehead atoms. The van der Waals surface area contributed by atoms with Crippen LogP contribution in [0.5, 0.6) is 0 Å². The monoisotopic (exact) mass is 1540 g/mol. The molecule has 0 N–H and O–H groups in total. The molecule has 1 fully saturated rings. The van der Waals surface area contributed by atoms with Crippen LogP contribution in [-0.4, -0.2) is 103 Å². The van der Waals surface area contributed by atoms with Crippen LogP contribution in [0.15, 0.2) is 147 Å². The van der Waals surface area contributed by atoms with Gasteiger partial charge in [0.1, 0.15) is 0 Å². The van der Waals surface area contributed by atoms with E-state index in [-0.39, 0.29) is 0 Å². The van der Waals surface area contributed by atoms with E-state index in [9.17, 15) is 0 Å². The van der Waals surface area contributed by atoms with Crippen molar-refractivity contribution in [3.63, 3.8) is 0 Å². The maximum Gasteiger partial charge on any atom is 0.352 e. The summed E-state index contributed by atoms with van der Waals surface area (Å²) in [6, 6.07) is 0. The zero-order chi connectivity index (χ0) is 77.0. The second kappa shape index (κ2) is 29.2. The summed E-state index contributed by atoms with van der Waals surface area (Å²) >= 11 is 0. The molecule has 12 nitrogen and oxygen atoms in total. The maximum atomic E-state index is 8.36. The number of hydrogen-bond donors (Lipinski definition) is 0. The summed E-state index contributed by atoms with van der Waals surface area (Å²) in [5.41, 5.74) is 22.7. The van der Waals surface area contributed by atoms with Gasteiger partial charge < -0.3 is 49.4 Å². The molecule has 0 aromatic rings. The van der Waals surface area contributed by atoms with E-state index >= 15 is 0 Å². The molecule has 0 spiro atoms. The third kappa shape index (κ3) is 17.0. The Morgan fingerprint density at radius 3 is 0.188 bits per heavy atom. The van der Waals surface area contributed by atoms with Gasteiger partial charge in [0.2, 0.25) is 0 Å². The van der Waals surface area contributed by atoms with Crippen molar-refractivity contribution in [3.8, 4) is 0 Å². The highest BCUT2D eigenvalue weighted by atomic mass is 28.5. The Hall–Kier alpha value is -0.997. The Kier molecular flexibility index (Phi) is 28.2. The summed E-state index contributed by atoms with van der Waals surface area (Å²) in [6.45, 7) is 133. The Labute approximate surface area is 604 Å². The first-order valence-electron chi connectivity index (χ1n) is 34.3. The minimum atomic E-state index is -4.13. The fourth-order valence-electron chi connectivity index (χ4n) is 11.3. The average Bonchev–Trinajstić information content (AvgIpc) is 0.721. The normalized spacial score (nSPS) is 35.4. The van der Waals surface area contributed by atoms with Gasteiger partial charge in [0, 0.05) is 60.5 Å². The Morgan fingerprint density at radius 2 is 0.167 bits per heavy atom. The van der Waals surface area contributed by atoms with E-state index < -0.39 is 163 Å². The second-order valence-electron chi connectivity index (χ2n) is 38.7. The Balaban J connectivity index is 6.05. The molecule has 0 amide bonds. The van der Waals surface area contributed by atoms with Crippen LogP contribution in [0, 0.1) is 0 Å². The predicted molar refractivity (Wildman–Crippen MR) is 441 cm³/mol. The van der Waals surface area contributed by atoms with Crippen LogP contribution in [0.25, 0.3) is 0 Å². The van der Waals surface area contributed by atoms with Crippen LogP contribution in [0.2, 0.25) is 60.5 Å². The summed E-state index contributed by atoms with van der Waals surface area (Å²) in [5, 5.41) is -9.49. The van der Waals surface area contributed by atoms with Crippen molar-refractivity contribution in [1.29, 1.82) is 0 Å². The first kappa shape index (κ1) is 93.0.